The molecule has 6 nitrogen and oxygen atoms in total. The van der Waals surface area contributed by atoms with Gasteiger partial charge in [-0.25, -0.2) is 9.78 Å². The second-order valence-electron chi connectivity index (χ2n) is 3.50. The first kappa shape index (κ1) is 13.0. The van der Waals surface area contributed by atoms with Crippen LogP contribution >= 0.6 is 0 Å². The number of rotatable bonds is 4. The number of hydrogen-bond acceptors (Lipinski definition) is 4. The lowest BCUT2D eigenvalue weighted by Gasteiger charge is -2.23. The summed E-state index contributed by atoms with van der Waals surface area (Å²) in [6.45, 7) is 1.31. The van der Waals surface area contributed by atoms with Gasteiger partial charge >= 0.3 is 5.97 Å². The quantitative estimate of drug-likeness (QED) is 0.835. The number of carbonyl (C=O) groups excluding carboxylic acids is 1. The van der Waals surface area contributed by atoms with E-state index in [9.17, 15) is 9.59 Å². The molecule has 0 aliphatic rings. The van der Waals surface area contributed by atoms with Gasteiger partial charge in [0.15, 0.2) is 6.04 Å². The third kappa shape index (κ3) is 2.93. The van der Waals surface area contributed by atoms with Crippen LogP contribution in [0, 0.1) is 0 Å². The molecule has 1 atom stereocenters. The molecule has 0 spiro atoms. The molecule has 0 aliphatic heterocycles. The number of aromatic nitrogens is 1. The Morgan fingerprint density at radius 3 is 2.47 bits per heavy atom. The Bertz CT molecular complexity index is 416. The van der Waals surface area contributed by atoms with Crippen molar-refractivity contribution >= 4 is 11.9 Å². The molecule has 0 aliphatic carbocycles. The summed E-state index contributed by atoms with van der Waals surface area (Å²) < 4.78 is 4.88. The van der Waals surface area contributed by atoms with Crippen LogP contribution in [0.3, 0.4) is 0 Å². The van der Waals surface area contributed by atoms with Gasteiger partial charge in [0.25, 0.3) is 0 Å². The maximum absolute atomic E-state index is 11.2. The van der Waals surface area contributed by atoms with Crippen LogP contribution in [0.25, 0.3) is 0 Å². The maximum atomic E-state index is 11.2. The first-order chi connectivity index (χ1) is 7.97. The van der Waals surface area contributed by atoms with Gasteiger partial charge in [0, 0.05) is 31.8 Å². The predicted octanol–water partition coefficient (Wildman–Crippen LogP) is 0.694. The SMILES string of the molecule is COc1ccc(C(C(=O)O)N(C)C(C)=O)cn1. The molecule has 0 aromatic carbocycles. The lowest BCUT2D eigenvalue weighted by molar-refractivity contribution is -0.148. The van der Waals surface area contributed by atoms with Crippen molar-refractivity contribution in [3.8, 4) is 5.88 Å². The van der Waals surface area contributed by atoms with E-state index in [1.807, 2.05) is 0 Å². The minimum atomic E-state index is -1.10. The van der Waals surface area contributed by atoms with E-state index in [0.29, 0.717) is 11.4 Å². The molecule has 1 rings (SSSR count). The lowest BCUT2D eigenvalue weighted by Crippen LogP contribution is -2.34. The van der Waals surface area contributed by atoms with Gasteiger partial charge in [-0.3, -0.25) is 4.79 Å². The van der Waals surface area contributed by atoms with Crippen molar-refractivity contribution in [2.45, 2.75) is 13.0 Å². The van der Waals surface area contributed by atoms with Gasteiger partial charge in [-0.1, -0.05) is 0 Å². The van der Waals surface area contributed by atoms with E-state index in [4.69, 9.17) is 9.84 Å². The minimum absolute atomic E-state index is 0.326. The van der Waals surface area contributed by atoms with Crippen molar-refractivity contribution in [3.05, 3.63) is 23.9 Å². The third-order valence-electron chi connectivity index (χ3n) is 2.40. The van der Waals surface area contributed by atoms with Crippen LogP contribution < -0.4 is 4.74 Å². The molecule has 0 saturated heterocycles. The molecule has 1 aromatic rings. The van der Waals surface area contributed by atoms with Gasteiger partial charge in [0.2, 0.25) is 11.8 Å². The first-order valence-electron chi connectivity index (χ1n) is 4.93. The smallest absolute Gasteiger partial charge is 0.331 e. The fraction of sp³-hybridized carbons (Fsp3) is 0.364. The van der Waals surface area contributed by atoms with Gasteiger partial charge in [0.05, 0.1) is 7.11 Å². The first-order valence-corrected chi connectivity index (χ1v) is 4.93. The number of carboxylic acids is 1. The van der Waals surface area contributed by atoms with Crippen molar-refractivity contribution in [2.75, 3.05) is 14.2 Å². The fourth-order valence-corrected chi connectivity index (χ4v) is 1.39. The second-order valence-corrected chi connectivity index (χ2v) is 3.50. The number of amides is 1. The highest BCUT2D eigenvalue weighted by Gasteiger charge is 2.26. The topological polar surface area (TPSA) is 79.7 Å². The normalized spacial score (nSPS) is 11.7. The summed E-state index contributed by atoms with van der Waals surface area (Å²) in [5, 5.41) is 9.12. The van der Waals surface area contributed by atoms with E-state index in [1.165, 1.54) is 27.3 Å². The molecule has 1 unspecified atom stereocenters. The summed E-state index contributed by atoms with van der Waals surface area (Å²) in [4.78, 5) is 27.4. The molecule has 1 amide bonds. The Labute approximate surface area is 98.8 Å². The molecule has 0 bridgehead atoms. The number of likely N-dealkylation sites (N-methyl/N-ethyl adjacent to an activating group) is 1. The second kappa shape index (κ2) is 5.29. The Morgan fingerprint density at radius 1 is 1.47 bits per heavy atom. The average Bonchev–Trinajstić information content (AvgIpc) is 2.29. The fourth-order valence-electron chi connectivity index (χ4n) is 1.39. The van der Waals surface area contributed by atoms with Gasteiger partial charge < -0.3 is 14.7 Å². The Morgan fingerprint density at radius 2 is 2.12 bits per heavy atom. The van der Waals surface area contributed by atoms with E-state index in [2.05, 4.69) is 4.98 Å². The summed E-state index contributed by atoms with van der Waals surface area (Å²) >= 11 is 0. The molecular weight excluding hydrogens is 224 g/mol. The van der Waals surface area contributed by atoms with Gasteiger partial charge in [-0.05, 0) is 6.07 Å². The van der Waals surface area contributed by atoms with Gasteiger partial charge in [-0.2, -0.15) is 0 Å². The zero-order valence-corrected chi connectivity index (χ0v) is 9.88. The monoisotopic (exact) mass is 238 g/mol. The number of ether oxygens (including phenoxy) is 1. The average molecular weight is 238 g/mol. The number of nitrogens with zero attached hydrogens (tertiary/aromatic N) is 2. The molecule has 6 heteroatoms. The van der Waals surface area contributed by atoms with Gasteiger partial charge in [0.1, 0.15) is 0 Å². The molecule has 17 heavy (non-hydrogen) atoms. The summed E-state index contributed by atoms with van der Waals surface area (Å²) in [7, 11) is 2.91. The molecule has 1 N–H and O–H groups in total. The molecular formula is C11H14N2O4. The van der Waals surface area contributed by atoms with Crippen molar-refractivity contribution in [2.24, 2.45) is 0 Å². The number of hydrogen-bond donors (Lipinski definition) is 1. The number of methoxy groups -OCH3 is 1. The summed E-state index contributed by atoms with van der Waals surface area (Å²) in [5.41, 5.74) is 0.427. The molecule has 92 valence electrons. The Balaban J connectivity index is 3.05. The van der Waals surface area contributed by atoms with Crippen LogP contribution in [0.1, 0.15) is 18.5 Å². The highest BCUT2D eigenvalue weighted by atomic mass is 16.5. The summed E-state index contributed by atoms with van der Waals surface area (Å²) in [5.74, 6) is -1.04. The highest BCUT2D eigenvalue weighted by Crippen LogP contribution is 2.20. The van der Waals surface area contributed by atoms with Crippen molar-refractivity contribution in [3.63, 3.8) is 0 Å². The largest absolute Gasteiger partial charge is 0.481 e. The highest BCUT2D eigenvalue weighted by molar-refractivity contribution is 5.83. The van der Waals surface area contributed by atoms with Gasteiger partial charge in [-0.15, -0.1) is 0 Å². The third-order valence-corrected chi connectivity index (χ3v) is 2.40. The summed E-state index contributed by atoms with van der Waals surface area (Å²) in [6.07, 6.45) is 1.39. The van der Waals surface area contributed by atoms with Crippen LogP contribution in [0.2, 0.25) is 0 Å². The molecule has 0 saturated carbocycles. The minimum Gasteiger partial charge on any atom is -0.481 e. The number of carbonyl (C=O) groups is 2. The molecule has 1 aromatic heterocycles. The van der Waals surface area contributed by atoms with Crippen LogP contribution in [0.15, 0.2) is 18.3 Å². The van der Waals surface area contributed by atoms with Crippen LogP contribution in [-0.4, -0.2) is 41.0 Å². The van der Waals surface area contributed by atoms with Crippen LogP contribution in [-0.2, 0) is 9.59 Å². The molecule has 0 radical (unpaired) electrons. The standard InChI is InChI=1S/C11H14N2O4/c1-7(14)13(2)10(11(15)16)8-4-5-9(17-3)12-6-8/h4-6,10H,1-3H3,(H,15,16). The zero-order valence-electron chi connectivity index (χ0n) is 9.88. The van der Waals surface area contributed by atoms with Crippen molar-refractivity contribution < 1.29 is 19.4 Å². The van der Waals surface area contributed by atoms with E-state index < -0.39 is 12.0 Å². The number of carboxylic acid groups (broad SMARTS) is 1. The van der Waals surface area contributed by atoms with E-state index in [-0.39, 0.29) is 5.91 Å². The van der Waals surface area contributed by atoms with Crippen molar-refractivity contribution in [1.82, 2.24) is 9.88 Å². The zero-order chi connectivity index (χ0) is 13.0. The lowest BCUT2D eigenvalue weighted by atomic mass is 10.1. The molecule has 1 heterocycles. The molecule has 0 fully saturated rings. The number of pyridine rings is 1. The van der Waals surface area contributed by atoms with Crippen molar-refractivity contribution in [1.29, 1.82) is 0 Å². The summed E-state index contributed by atoms with van der Waals surface area (Å²) in [6, 6.07) is 2.09. The Hall–Kier alpha value is -2.11. The van der Waals surface area contributed by atoms with Crippen LogP contribution in [0.4, 0.5) is 0 Å². The van der Waals surface area contributed by atoms with Crippen LogP contribution in [0.5, 0.6) is 5.88 Å². The number of aliphatic carboxylic acids is 1. The van der Waals surface area contributed by atoms with E-state index in [1.54, 1.807) is 12.1 Å². The maximum Gasteiger partial charge on any atom is 0.331 e. The predicted molar refractivity (Wildman–Crippen MR) is 59.6 cm³/mol. The Kier molecular flexibility index (Phi) is 4.03. The van der Waals surface area contributed by atoms with E-state index >= 15 is 0 Å². The van der Waals surface area contributed by atoms with E-state index in [0.717, 1.165) is 4.90 Å².